The van der Waals surface area contributed by atoms with Crippen molar-refractivity contribution in [3.8, 4) is 22.3 Å². The van der Waals surface area contributed by atoms with Crippen LogP contribution in [0, 0.1) is 10.8 Å². The van der Waals surface area contributed by atoms with E-state index in [2.05, 4.69) is 163 Å². The van der Waals surface area contributed by atoms with Gasteiger partial charge in [-0.05, 0) is 0 Å². The first kappa shape index (κ1) is 51.4. The second-order valence-electron chi connectivity index (χ2n) is 23.3. The van der Waals surface area contributed by atoms with Crippen molar-refractivity contribution in [2.24, 2.45) is 10.8 Å². The number of allylic oxidation sites excluding steroid dienone is 2. The molecular weight excluding hydrogens is 959 g/mol. The normalized spacial score (nSPS) is 20.7. The summed E-state index contributed by atoms with van der Waals surface area (Å²) in [5.41, 5.74) is 16.3. The number of hydrogen-bond acceptors (Lipinski definition) is 0. The Labute approximate surface area is 426 Å². The van der Waals surface area contributed by atoms with Crippen LogP contribution < -0.4 is 0 Å². The summed E-state index contributed by atoms with van der Waals surface area (Å²) < 4.78 is 6.91. The largest absolute Gasteiger partial charge is 0.147 e. The number of fused-ring (bicyclic) bond motifs is 4. The maximum absolute atomic E-state index is 4.10. The predicted molar refractivity (Wildman–Crippen MR) is 304 cm³/mol. The molecule has 6 aromatic rings. The van der Waals surface area contributed by atoms with Gasteiger partial charge in [-0.3, -0.25) is 0 Å². The van der Waals surface area contributed by atoms with Gasteiger partial charge in [-0.1, -0.05) is 0 Å². The van der Waals surface area contributed by atoms with E-state index in [-0.39, 0.29) is 24.8 Å². The van der Waals surface area contributed by atoms with Crippen LogP contribution in [0.25, 0.3) is 56.0 Å². The first-order valence-corrected chi connectivity index (χ1v) is 40.5. The van der Waals surface area contributed by atoms with E-state index in [1.165, 1.54) is 183 Å². The molecule has 0 aromatic heterocycles. The summed E-state index contributed by atoms with van der Waals surface area (Å²) in [6.45, 7) is 7.71. The summed E-state index contributed by atoms with van der Waals surface area (Å²) in [5.74, 6) is 0. The average molecular weight is 1040 g/mol. The number of halogens is 2. The van der Waals surface area contributed by atoms with Gasteiger partial charge in [0.1, 0.15) is 0 Å². The van der Waals surface area contributed by atoms with Crippen molar-refractivity contribution in [3.05, 3.63) is 155 Å². The Morgan fingerprint density at radius 2 is 0.794 bits per heavy atom. The second-order valence-corrected chi connectivity index (χ2v) is 53.8. The predicted octanol–water partition coefficient (Wildman–Crippen LogP) is 19.9. The van der Waals surface area contributed by atoms with E-state index < -0.39 is 17.4 Å². The fourth-order valence-corrected chi connectivity index (χ4v) is 34.4. The monoisotopic (exact) mass is 1040 g/mol. The molecule has 2 unspecified atom stereocenters. The third kappa shape index (κ3) is 10.1. The van der Waals surface area contributed by atoms with E-state index in [1.54, 1.807) is 22.3 Å². The SMILES string of the molecule is CCC1(CC2=Cc3c(-c4ccc5ccccc5c4)cccc3[CH]2[Zr]([CH3])([CH3])(=[SiH2])[CH]2C(CC3(CC)CCCCCCCC3)=Cc3c(-c4ccc5ccccc5c4)cccc32)CCCCCCCC1.Cl.Cl. The minimum Gasteiger partial charge on any atom is -0.147 e. The van der Waals surface area contributed by atoms with Crippen LogP contribution in [-0.2, 0) is 17.4 Å². The van der Waals surface area contributed by atoms with Crippen LogP contribution in [0.3, 0.4) is 0 Å². The minimum absolute atomic E-state index is 0. The van der Waals surface area contributed by atoms with E-state index in [4.69, 9.17) is 0 Å². The summed E-state index contributed by atoms with van der Waals surface area (Å²) >= 11 is -4.10. The van der Waals surface area contributed by atoms with Gasteiger partial charge in [0.25, 0.3) is 0 Å². The number of rotatable bonds is 10. The van der Waals surface area contributed by atoms with Crippen molar-refractivity contribution in [3.63, 3.8) is 0 Å². The van der Waals surface area contributed by atoms with Crippen molar-refractivity contribution in [2.45, 2.75) is 159 Å². The molecule has 358 valence electrons. The van der Waals surface area contributed by atoms with Crippen molar-refractivity contribution >= 4 is 65.4 Å². The van der Waals surface area contributed by atoms with Gasteiger partial charge in [-0.15, -0.1) is 24.8 Å². The van der Waals surface area contributed by atoms with Gasteiger partial charge in [0.05, 0.1) is 0 Å². The van der Waals surface area contributed by atoms with Crippen molar-refractivity contribution < 1.29 is 17.4 Å². The van der Waals surface area contributed by atoms with E-state index in [0.29, 0.717) is 18.1 Å². The summed E-state index contributed by atoms with van der Waals surface area (Å²) in [5, 5.41) is 5.32. The molecule has 0 spiro atoms. The molecule has 4 heteroatoms. The van der Waals surface area contributed by atoms with Crippen molar-refractivity contribution in [1.82, 2.24) is 0 Å². The van der Waals surface area contributed by atoms with Gasteiger partial charge in [-0.25, -0.2) is 0 Å². The smallest absolute Gasteiger partial charge is 0.147 e. The summed E-state index contributed by atoms with van der Waals surface area (Å²) in [6, 6.07) is 47.4. The topological polar surface area (TPSA) is 0 Å². The van der Waals surface area contributed by atoms with Crippen LogP contribution >= 0.6 is 24.8 Å². The molecule has 0 nitrogen and oxygen atoms in total. The molecule has 0 amide bonds. The molecule has 0 N–H and O–H groups in total. The molecule has 0 bridgehead atoms. The Kier molecular flexibility index (Phi) is 16.1. The molecule has 4 aliphatic carbocycles. The average Bonchev–Trinajstić information content (AvgIpc) is 3.96. The van der Waals surface area contributed by atoms with E-state index in [0.717, 1.165) is 0 Å². The fraction of sp³-hybridized carbons (Fsp3) is 0.438. The maximum atomic E-state index is 2.95. The van der Waals surface area contributed by atoms with Crippen LogP contribution in [-0.4, -0.2) is 6.88 Å². The molecule has 10 rings (SSSR count). The molecular formula is C64H80Cl2SiZr. The zero-order valence-corrected chi connectivity index (χ0v) is 47.5. The Morgan fingerprint density at radius 3 is 1.16 bits per heavy atom. The van der Waals surface area contributed by atoms with Crippen LogP contribution in [0.15, 0.2) is 132 Å². The maximum Gasteiger partial charge on any atom is -0.147 e. The van der Waals surface area contributed by atoms with Crippen LogP contribution in [0.5, 0.6) is 0 Å². The molecule has 4 aliphatic rings. The molecule has 0 saturated heterocycles. The first-order valence-electron chi connectivity index (χ1n) is 26.8. The van der Waals surface area contributed by atoms with Gasteiger partial charge in [0.2, 0.25) is 0 Å². The summed E-state index contributed by atoms with van der Waals surface area (Å²) in [4.78, 5) is 0. The minimum atomic E-state index is -4.10. The third-order valence-electron chi connectivity index (χ3n) is 18.3. The Balaban J connectivity index is 0.00000312. The Bertz CT molecular complexity index is 2670. The van der Waals surface area contributed by atoms with Crippen molar-refractivity contribution in [2.75, 3.05) is 0 Å². The van der Waals surface area contributed by atoms with Crippen LogP contribution in [0.2, 0.25) is 9.26 Å². The molecule has 6 aromatic carbocycles. The molecule has 0 heterocycles. The first-order chi connectivity index (χ1) is 32.1. The van der Waals surface area contributed by atoms with E-state index >= 15 is 0 Å². The van der Waals surface area contributed by atoms with E-state index in [9.17, 15) is 0 Å². The molecule has 2 saturated carbocycles. The third-order valence-corrected chi connectivity index (χ3v) is 35.8. The zero-order valence-electron chi connectivity index (χ0n) is 42.0. The summed E-state index contributed by atoms with van der Waals surface area (Å²) in [7, 11) is 0. The molecule has 68 heavy (non-hydrogen) atoms. The second kappa shape index (κ2) is 21.4. The molecule has 2 fully saturated rings. The molecule has 0 radical (unpaired) electrons. The van der Waals surface area contributed by atoms with Gasteiger partial charge < -0.3 is 0 Å². The molecule has 0 aliphatic heterocycles. The number of benzene rings is 6. The Morgan fingerprint density at radius 1 is 0.441 bits per heavy atom. The van der Waals surface area contributed by atoms with Crippen molar-refractivity contribution in [1.29, 1.82) is 0 Å². The Hall–Kier alpha value is -3.00. The van der Waals surface area contributed by atoms with Gasteiger partial charge >= 0.3 is 405 Å². The standard InChI is InChI=1S/2C31H35.2CH3.2ClH.H2Si.Zr/c2*1-2-31(18-9-5-3-4-6-10-19-31)23-24-20-27-14-11-15-29(30(27)21-24)28-17-16-25-12-7-8-13-26(25)22-28;;;;;;/h2*7-8,11-17,20-22H,2-6,9-10,18-19,23H2,1H3;2*1H3;2*1H;1H2;. The van der Waals surface area contributed by atoms with Gasteiger partial charge in [-0.2, -0.15) is 0 Å². The van der Waals surface area contributed by atoms with Gasteiger partial charge in [0, 0.05) is 0 Å². The van der Waals surface area contributed by atoms with Crippen LogP contribution in [0.4, 0.5) is 0 Å². The van der Waals surface area contributed by atoms with Gasteiger partial charge in [0.15, 0.2) is 0 Å². The summed E-state index contributed by atoms with van der Waals surface area (Å²) in [6.07, 6.45) is 33.2. The fourth-order valence-electron chi connectivity index (χ4n) is 14.7. The van der Waals surface area contributed by atoms with E-state index in [1.807, 2.05) is 0 Å². The number of hydrogen-bond donors (Lipinski definition) is 0. The molecule has 2 atom stereocenters. The van der Waals surface area contributed by atoms with Crippen LogP contribution in [0.1, 0.15) is 172 Å². The quantitative estimate of drug-likeness (QED) is 0.120. The zero-order chi connectivity index (χ0) is 45.4.